The first-order chi connectivity index (χ1) is 12.7. The number of amides is 1. The maximum Gasteiger partial charge on any atom is 0.364 e. The van der Waals surface area contributed by atoms with Crippen molar-refractivity contribution in [3.05, 3.63) is 0 Å². The van der Waals surface area contributed by atoms with Crippen LogP contribution in [0.4, 0.5) is 0 Å². The highest BCUT2D eigenvalue weighted by atomic mass is 16.7. The normalized spacial score (nSPS) is 30.5. The van der Waals surface area contributed by atoms with Gasteiger partial charge in [0.2, 0.25) is 5.91 Å². The van der Waals surface area contributed by atoms with Crippen LogP contribution >= 0.6 is 0 Å². The van der Waals surface area contributed by atoms with E-state index in [1.54, 1.807) is 0 Å². The van der Waals surface area contributed by atoms with E-state index in [0.717, 1.165) is 12.8 Å². The van der Waals surface area contributed by atoms with Gasteiger partial charge in [0.1, 0.15) is 24.9 Å². The average Bonchev–Trinajstić information content (AvgIpc) is 2.65. The number of ether oxygens (including phenoxy) is 2. The molecule has 0 aromatic carbocycles. The zero-order valence-corrected chi connectivity index (χ0v) is 15.2. The largest absolute Gasteiger partial charge is 0.477 e. The summed E-state index contributed by atoms with van der Waals surface area (Å²) in [5.41, 5.74) is 0. The molecule has 1 rings (SSSR count). The fourth-order valence-electron chi connectivity index (χ4n) is 2.86. The molecule has 0 aromatic heterocycles. The van der Waals surface area contributed by atoms with Gasteiger partial charge < -0.3 is 45.4 Å². The van der Waals surface area contributed by atoms with Crippen molar-refractivity contribution in [3.63, 3.8) is 0 Å². The first-order valence-corrected chi connectivity index (χ1v) is 8.82. The first-order valence-electron chi connectivity index (χ1n) is 8.82. The summed E-state index contributed by atoms with van der Waals surface area (Å²) in [6, 6.07) is -1.34. The molecule has 11 heteroatoms. The minimum absolute atomic E-state index is 0.0197. The van der Waals surface area contributed by atoms with Crippen molar-refractivity contribution in [2.75, 3.05) is 19.8 Å². The second-order valence-electron chi connectivity index (χ2n) is 6.46. The molecule has 1 saturated heterocycles. The minimum Gasteiger partial charge on any atom is -0.477 e. The van der Waals surface area contributed by atoms with E-state index >= 15 is 0 Å². The highest BCUT2D eigenvalue weighted by Crippen LogP contribution is 2.33. The van der Waals surface area contributed by atoms with E-state index < -0.39 is 67.8 Å². The maximum atomic E-state index is 11.8. The molecule has 1 fully saturated rings. The van der Waals surface area contributed by atoms with E-state index in [0.29, 0.717) is 6.42 Å². The molecule has 0 saturated carbocycles. The minimum atomic E-state index is -2.30. The SMILES string of the molecule is CCCCCO[C@@]1(C(=O)O)C[C@H](O)[C@@H](NC(=O)CO)[C@H]([C@H](O)[C@H](O)CO)O1. The molecular weight excluding hydrogens is 366 g/mol. The van der Waals surface area contributed by atoms with Gasteiger partial charge in [0.05, 0.1) is 25.4 Å². The van der Waals surface area contributed by atoms with E-state index in [9.17, 15) is 30.0 Å². The van der Waals surface area contributed by atoms with Gasteiger partial charge in [0.15, 0.2) is 0 Å². The van der Waals surface area contributed by atoms with E-state index in [2.05, 4.69) is 5.32 Å². The van der Waals surface area contributed by atoms with Crippen LogP contribution in [0.3, 0.4) is 0 Å². The van der Waals surface area contributed by atoms with Crippen molar-refractivity contribution in [3.8, 4) is 0 Å². The average molecular weight is 395 g/mol. The molecule has 0 radical (unpaired) electrons. The van der Waals surface area contributed by atoms with Crippen LogP contribution in [0.15, 0.2) is 0 Å². The number of hydrogen-bond donors (Lipinski definition) is 7. The molecule has 1 amide bonds. The van der Waals surface area contributed by atoms with E-state index in [4.69, 9.17) is 19.7 Å². The molecule has 11 nitrogen and oxygen atoms in total. The number of nitrogens with one attached hydrogen (secondary N) is 1. The number of aliphatic hydroxyl groups is 5. The number of rotatable bonds is 11. The quantitative estimate of drug-likeness (QED) is 0.182. The third kappa shape index (κ3) is 6.07. The Morgan fingerprint density at radius 1 is 1.30 bits per heavy atom. The van der Waals surface area contributed by atoms with Crippen LogP contribution in [0.5, 0.6) is 0 Å². The second kappa shape index (κ2) is 10.9. The Balaban J connectivity index is 3.10. The van der Waals surface area contributed by atoms with Crippen LogP contribution < -0.4 is 5.32 Å². The van der Waals surface area contributed by atoms with E-state index in [1.807, 2.05) is 6.92 Å². The Hall–Kier alpha value is -1.34. The van der Waals surface area contributed by atoms with Crippen molar-refractivity contribution in [2.45, 2.75) is 68.9 Å². The fraction of sp³-hybridized carbons (Fsp3) is 0.875. The van der Waals surface area contributed by atoms with Gasteiger partial charge in [-0.05, 0) is 6.42 Å². The topological polar surface area (TPSA) is 186 Å². The summed E-state index contributed by atoms with van der Waals surface area (Å²) >= 11 is 0. The molecule has 1 heterocycles. The summed E-state index contributed by atoms with van der Waals surface area (Å²) < 4.78 is 10.8. The van der Waals surface area contributed by atoms with Gasteiger partial charge in [-0.1, -0.05) is 19.8 Å². The summed E-state index contributed by atoms with van der Waals surface area (Å²) in [5.74, 6) is -4.74. The van der Waals surface area contributed by atoms with Crippen LogP contribution in [0, 0.1) is 0 Å². The van der Waals surface area contributed by atoms with E-state index in [-0.39, 0.29) is 6.61 Å². The van der Waals surface area contributed by atoms with Crippen molar-refractivity contribution >= 4 is 11.9 Å². The Bertz CT molecular complexity index is 490. The van der Waals surface area contributed by atoms with E-state index in [1.165, 1.54) is 0 Å². The van der Waals surface area contributed by atoms with Crippen molar-refractivity contribution in [2.24, 2.45) is 0 Å². The van der Waals surface area contributed by atoms with Gasteiger partial charge in [-0.15, -0.1) is 0 Å². The summed E-state index contributed by atoms with van der Waals surface area (Å²) in [7, 11) is 0. The predicted octanol–water partition coefficient (Wildman–Crippen LogP) is -2.68. The van der Waals surface area contributed by atoms with Gasteiger partial charge in [0.25, 0.3) is 5.79 Å². The number of hydrogen-bond acceptors (Lipinski definition) is 9. The molecule has 7 N–H and O–H groups in total. The third-order valence-corrected chi connectivity index (χ3v) is 4.37. The molecule has 1 aliphatic heterocycles. The second-order valence-corrected chi connectivity index (χ2v) is 6.46. The summed E-state index contributed by atoms with van der Waals surface area (Å²) in [6.07, 6.45) is -5.07. The standard InChI is InChI=1S/C16H29NO10/c1-2-3-4-5-26-16(15(24)25)6-9(20)12(17-11(22)8-19)14(27-16)13(23)10(21)7-18/h9-10,12-14,18-21,23H,2-8H2,1H3,(H,17,22)(H,24,25)/t9-,10+,12+,13+,14+,16-/m0/s1. The molecule has 0 aliphatic carbocycles. The van der Waals surface area contributed by atoms with Gasteiger partial charge in [-0.2, -0.15) is 0 Å². The highest BCUT2D eigenvalue weighted by molar-refractivity contribution is 5.78. The van der Waals surface area contributed by atoms with Crippen LogP contribution in [-0.2, 0) is 19.1 Å². The summed E-state index contributed by atoms with van der Waals surface area (Å²) in [5, 5.41) is 60.1. The van der Waals surface area contributed by atoms with Gasteiger partial charge in [-0.25, -0.2) is 4.79 Å². The Morgan fingerprint density at radius 2 is 1.96 bits per heavy atom. The molecule has 6 atom stereocenters. The molecule has 158 valence electrons. The highest BCUT2D eigenvalue weighted by Gasteiger charge is 2.55. The van der Waals surface area contributed by atoms with Crippen molar-refractivity contribution in [1.29, 1.82) is 0 Å². The molecule has 27 heavy (non-hydrogen) atoms. The van der Waals surface area contributed by atoms with Crippen molar-refractivity contribution < 1.29 is 49.7 Å². The fourth-order valence-corrected chi connectivity index (χ4v) is 2.86. The van der Waals surface area contributed by atoms with Crippen LogP contribution in [0.1, 0.15) is 32.6 Å². The number of aliphatic carboxylic acids is 1. The number of unbranched alkanes of at least 4 members (excludes halogenated alkanes) is 2. The Morgan fingerprint density at radius 3 is 2.48 bits per heavy atom. The zero-order chi connectivity index (χ0) is 20.6. The van der Waals surface area contributed by atoms with Crippen LogP contribution in [-0.4, -0.2) is 98.6 Å². The predicted molar refractivity (Wildman–Crippen MR) is 89.5 cm³/mol. The third-order valence-electron chi connectivity index (χ3n) is 4.37. The Kier molecular flexibility index (Phi) is 9.53. The number of carboxylic acid groups (broad SMARTS) is 1. The van der Waals surface area contributed by atoms with Gasteiger partial charge >= 0.3 is 5.97 Å². The maximum absolute atomic E-state index is 11.8. The van der Waals surface area contributed by atoms with Crippen molar-refractivity contribution in [1.82, 2.24) is 5.32 Å². The Labute approximate surface area is 156 Å². The number of carboxylic acids is 1. The lowest BCUT2D eigenvalue weighted by Crippen LogP contribution is -2.68. The monoisotopic (exact) mass is 395 g/mol. The lowest BCUT2D eigenvalue weighted by Gasteiger charge is -2.46. The summed E-state index contributed by atoms with van der Waals surface area (Å²) in [4.78, 5) is 23.3. The lowest BCUT2D eigenvalue weighted by molar-refractivity contribution is -0.311. The number of aliphatic hydroxyl groups excluding tert-OH is 5. The zero-order valence-electron chi connectivity index (χ0n) is 15.2. The van der Waals surface area contributed by atoms with Gasteiger partial charge in [-0.3, -0.25) is 4.79 Å². The van der Waals surface area contributed by atoms with Crippen LogP contribution in [0.2, 0.25) is 0 Å². The smallest absolute Gasteiger partial charge is 0.364 e. The summed E-state index contributed by atoms with van der Waals surface area (Å²) in [6.45, 7) is 0.193. The molecule has 0 unspecified atom stereocenters. The molecule has 0 bridgehead atoms. The molecule has 0 aromatic rings. The first kappa shape index (κ1) is 23.7. The number of carbonyl (C=O) groups is 2. The molecule has 1 aliphatic rings. The van der Waals surface area contributed by atoms with Crippen LogP contribution in [0.25, 0.3) is 0 Å². The molecular formula is C16H29NO10. The number of carbonyl (C=O) groups excluding carboxylic acids is 1. The lowest BCUT2D eigenvalue weighted by atomic mass is 9.88. The molecule has 0 spiro atoms. The van der Waals surface area contributed by atoms with Gasteiger partial charge in [0, 0.05) is 6.42 Å².